The first-order valence-electron chi connectivity index (χ1n) is 8.99. The predicted molar refractivity (Wildman–Crippen MR) is 105 cm³/mol. The standard InChI is InChI=1S/C20H27N5O/c1-14-6-7-15(2)17(12-14)20(26)25-10-8-24(9-11-25)19-13-18(23(4)5)21-16(3)22-19/h6-7,12-13H,8-11H2,1-5H3. The van der Waals surface area contributed by atoms with E-state index in [1.54, 1.807) is 0 Å². The van der Waals surface area contributed by atoms with Gasteiger partial charge in [0.25, 0.3) is 5.91 Å². The number of anilines is 2. The van der Waals surface area contributed by atoms with E-state index in [2.05, 4.69) is 14.9 Å². The van der Waals surface area contributed by atoms with Crippen LogP contribution in [-0.2, 0) is 0 Å². The SMILES string of the molecule is Cc1ccc(C)c(C(=O)N2CCN(c3cc(N(C)C)nc(C)n3)CC2)c1. The number of hydrogen-bond acceptors (Lipinski definition) is 5. The van der Waals surface area contributed by atoms with E-state index in [0.717, 1.165) is 47.2 Å². The van der Waals surface area contributed by atoms with Crippen molar-refractivity contribution in [1.29, 1.82) is 0 Å². The topological polar surface area (TPSA) is 52.6 Å². The molecule has 3 rings (SSSR count). The molecule has 0 aliphatic carbocycles. The molecular weight excluding hydrogens is 326 g/mol. The van der Waals surface area contributed by atoms with Crippen LogP contribution < -0.4 is 9.80 Å². The number of rotatable bonds is 3. The van der Waals surface area contributed by atoms with Gasteiger partial charge in [0.15, 0.2) is 0 Å². The molecule has 6 nitrogen and oxygen atoms in total. The lowest BCUT2D eigenvalue weighted by Gasteiger charge is -2.36. The van der Waals surface area contributed by atoms with Crippen LogP contribution in [0.2, 0.25) is 0 Å². The Labute approximate surface area is 155 Å². The first kappa shape index (κ1) is 18.2. The average Bonchev–Trinajstić information content (AvgIpc) is 2.62. The molecule has 0 bridgehead atoms. The van der Waals surface area contributed by atoms with Gasteiger partial charge in [-0.1, -0.05) is 17.7 Å². The Balaban J connectivity index is 1.71. The molecule has 0 spiro atoms. The summed E-state index contributed by atoms with van der Waals surface area (Å²) in [4.78, 5) is 28.1. The molecule has 0 N–H and O–H groups in total. The Morgan fingerprint density at radius 2 is 1.69 bits per heavy atom. The fraction of sp³-hybridized carbons (Fsp3) is 0.450. The number of benzene rings is 1. The van der Waals surface area contributed by atoms with Crippen molar-refractivity contribution in [3.63, 3.8) is 0 Å². The average molecular weight is 353 g/mol. The van der Waals surface area contributed by atoms with Crippen LogP contribution in [0.4, 0.5) is 11.6 Å². The maximum Gasteiger partial charge on any atom is 0.254 e. The van der Waals surface area contributed by atoms with Gasteiger partial charge in [0.05, 0.1) is 0 Å². The number of nitrogens with zero attached hydrogens (tertiary/aromatic N) is 5. The van der Waals surface area contributed by atoms with Crippen LogP contribution in [0.1, 0.15) is 27.3 Å². The molecule has 1 saturated heterocycles. The van der Waals surface area contributed by atoms with Gasteiger partial charge in [0, 0.05) is 51.9 Å². The zero-order valence-electron chi connectivity index (χ0n) is 16.3. The molecule has 0 saturated carbocycles. The Kier molecular flexibility index (Phi) is 5.11. The lowest BCUT2D eigenvalue weighted by Crippen LogP contribution is -2.49. The number of piperazine rings is 1. The van der Waals surface area contributed by atoms with Crippen LogP contribution in [0.15, 0.2) is 24.3 Å². The number of hydrogen-bond donors (Lipinski definition) is 0. The summed E-state index contributed by atoms with van der Waals surface area (Å²) in [6.45, 7) is 8.89. The van der Waals surface area contributed by atoms with Gasteiger partial charge in [-0.15, -0.1) is 0 Å². The summed E-state index contributed by atoms with van der Waals surface area (Å²) >= 11 is 0. The number of amides is 1. The van der Waals surface area contributed by atoms with E-state index in [-0.39, 0.29) is 5.91 Å². The van der Waals surface area contributed by atoms with Crippen molar-refractivity contribution in [1.82, 2.24) is 14.9 Å². The van der Waals surface area contributed by atoms with Crippen molar-refractivity contribution >= 4 is 17.5 Å². The van der Waals surface area contributed by atoms with Crippen LogP contribution in [-0.4, -0.2) is 61.0 Å². The monoisotopic (exact) mass is 353 g/mol. The molecule has 1 fully saturated rings. The summed E-state index contributed by atoms with van der Waals surface area (Å²) in [5.74, 6) is 2.72. The summed E-state index contributed by atoms with van der Waals surface area (Å²) in [5.41, 5.74) is 2.96. The van der Waals surface area contributed by atoms with Crippen LogP contribution in [0.5, 0.6) is 0 Å². The van der Waals surface area contributed by atoms with E-state index in [4.69, 9.17) is 0 Å². The second-order valence-corrected chi connectivity index (χ2v) is 7.12. The molecular formula is C20H27N5O. The Bertz CT molecular complexity index is 810. The van der Waals surface area contributed by atoms with Crippen molar-refractivity contribution in [2.24, 2.45) is 0 Å². The predicted octanol–water partition coefficient (Wildman–Crippen LogP) is 2.43. The summed E-state index contributed by atoms with van der Waals surface area (Å²) in [6, 6.07) is 8.06. The minimum absolute atomic E-state index is 0.124. The molecule has 6 heteroatoms. The van der Waals surface area contributed by atoms with Crippen molar-refractivity contribution in [3.05, 3.63) is 46.8 Å². The highest BCUT2D eigenvalue weighted by Gasteiger charge is 2.24. The van der Waals surface area contributed by atoms with E-state index in [0.29, 0.717) is 13.1 Å². The first-order chi connectivity index (χ1) is 12.3. The van der Waals surface area contributed by atoms with Gasteiger partial charge in [-0.3, -0.25) is 4.79 Å². The second-order valence-electron chi connectivity index (χ2n) is 7.12. The molecule has 0 radical (unpaired) electrons. The maximum absolute atomic E-state index is 12.9. The van der Waals surface area contributed by atoms with Crippen LogP contribution in [0, 0.1) is 20.8 Å². The van der Waals surface area contributed by atoms with E-state index >= 15 is 0 Å². The Morgan fingerprint density at radius 1 is 1.00 bits per heavy atom. The third-order valence-corrected chi connectivity index (χ3v) is 4.78. The highest BCUT2D eigenvalue weighted by Crippen LogP contribution is 2.20. The molecule has 0 atom stereocenters. The number of aromatic nitrogens is 2. The van der Waals surface area contributed by atoms with Gasteiger partial charge in [-0.2, -0.15) is 0 Å². The van der Waals surface area contributed by atoms with Crippen molar-refractivity contribution in [3.8, 4) is 0 Å². The van der Waals surface area contributed by atoms with Crippen LogP contribution in [0.25, 0.3) is 0 Å². The highest BCUT2D eigenvalue weighted by atomic mass is 16.2. The lowest BCUT2D eigenvalue weighted by atomic mass is 10.0. The van der Waals surface area contributed by atoms with Crippen LogP contribution in [0.3, 0.4) is 0 Å². The fourth-order valence-corrected chi connectivity index (χ4v) is 3.20. The molecule has 1 amide bonds. The van der Waals surface area contributed by atoms with Gasteiger partial charge in [0.1, 0.15) is 17.5 Å². The lowest BCUT2D eigenvalue weighted by molar-refractivity contribution is 0.0745. The molecule has 0 unspecified atom stereocenters. The number of carbonyl (C=O) groups excluding carboxylic acids is 1. The van der Waals surface area contributed by atoms with Crippen LogP contribution >= 0.6 is 0 Å². The minimum atomic E-state index is 0.124. The number of carbonyl (C=O) groups is 1. The van der Waals surface area contributed by atoms with Gasteiger partial charge in [-0.05, 0) is 32.4 Å². The summed E-state index contributed by atoms with van der Waals surface area (Å²) in [5, 5.41) is 0. The maximum atomic E-state index is 12.9. The molecule has 1 aromatic carbocycles. The fourth-order valence-electron chi connectivity index (χ4n) is 3.20. The summed E-state index contributed by atoms with van der Waals surface area (Å²) in [7, 11) is 3.96. The summed E-state index contributed by atoms with van der Waals surface area (Å²) < 4.78 is 0. The highest BCUT2D eigenvalue weighted by molar-refractivity contribution is 5.96. The Morgan fingerprint density at radius 3 is 2.35 bits per heavy atom. The first-order valence-corrected chi connectivity index (χ1v) is 8.99. The van der Waals surface area contributed by atoms with Crippen molar-refractivity contribution in [2.75, 3.05) is 50.1 Å². The molecule has 1 aliphatic heterocycles. The zero-order chi connectivity index (χ0) is 18.8. The van der Waals surface area contributed by atoms with Gasteiger partial charge >= 0.3 is 0 Å². The molecule has 26 heavy (non-hydrogen) atoms. The van der Waals surface area contributed by atoms with Crippen molar-refractivity contribution in [2.45, 2.75) is 20.8 Å². The largest absolute Gasteiger partial charge is 0.363 e. The smallest absolute Gasteiger partial charge is 0.254 e. The van der Waals surface area contributed by atoms with E-state index in [1.165, 1.54) is 0 Å². The quantitative estimate of drug-likeness (QED) is 0.848. The summed E-state index contributed by atoms with van der Waals surface area (Å²) in [6.07, 6.45) is 0. The van der Waals surface area contributed by atoms with Gasteiger partial charge < -0.3 is 14.7 Å². The van der Waals surface area contributed by atoms with E-state index in [1.807, 2.05) is 68.9 Å². The van der Waals surface area contributed by atoms with E-state index < -0.39 is 0 Å². The minimum Gasteiger partial charge on any atom is -0.363 e. The molecule has 1 aromatic heterocycles. The molecule has 2 aromatic rings. The molecule has 2 heterocycles. The molecule has 138 valence electrons. The zero-order valence-corrected chi connectivity index (χ0v) is 16.3. The number of aryl methyl sites for hydroxylation is 3. The second kappa shape index (κ2) is 7.32. The third kappa shape index (κ3) is 3.79. The third-order valence-electron chi connectivity index (χ3n) is 4.78. The molecule has 1 aliphatic rings. The normalized spacial score (nSPS) is 14.5. The van der Waals surface area contributed by atoms with Crippen molar-refractivity contribution < 1.29 is 4.79 Å². The van der Waals surface area contributed by atoms with Gasteiger partial charge in [-0.25, -0.2) is 9.97 Å². The Hall–Kier alpha value is -2.63. The van der Waals surface area contributed by atoms with Gasteiger partial charge in [0.2, 0.25) is 0 Å². The van der Waals surface area contributed by atoms with E-state index in [9.17, 15) is 4.79 Å².